The maximum atomic E-state index is 11.0. The summed E-state index contributed by atoms with van der Waals surface area (Å²) in [4.78, 5) is 13.7. The molecular formula is C11H16N2OS. The zero-order valence-electron chi connectivity index (χ0n) is 9.09. The Labute approximate surface area is 93.7 Å². The topological polar surface area (TPSA) is 55.1 Å². The van der Waals surface area contributed by atoms with E-state index in [1.807, 2.05) is 11.3 Å². The number of nitrogens with two attached hydrogens (primary N) is 1. The van der Waals surface area contributed by atoms with Gasteiger partial charge in [0.15, 0.2) is 0 Å². The Hall–Kier alpha value is -1.03. The van der Waals surface area contributed by atoms with Crippen molar-refractivity contribution < 1.29 is 4.79 Å². The molecule has 2 rings (SSSR count). The van der Waals surface area contributed by atoms with Crippen LogP contribution in [0.1, 0.15) is 41.5 Å². The van der Waals surface area contributed by atoms with Gasteiger partial charge in [-0.1, -0.05) is 13.8 Å². The molecule has 82 valence electrons. The van der Waals surface area contributed by atoms with Gasteiger partial charge < -0.3 is 11.1 Å². The summed E-state index contributed by atoms with van der Waals surface area (Å²) in [6.07, 6.45) is 3.43. The number of hydrogen-bond donors (Lipinski definition) is 2. The van der Waals surface area contributed by atoms with Gasteiger partial charge in [0.2, 0.25) is 0 Å². The Bertz CT molecular complexity index is 396. The number of anilines is 1. The first kappa shape index (κ1) is 10.5. The first-order chi connectivity index (χ1) is 7.09. The number of urea groups is 1. The van der Waals surface area contributed by atoms with Crippen molar-refractivity contribution in [3.8, 4) is 0 Å². The second kappa shape index (κ2) is 3.85. The van der Waals surface area contributed by atoms with Crippen LogP contribution in [-0.2, 0) is 12.8 Å². The Kier molecular flexibility index (Phi) is 2.69. The minimum absolute atomic E-state index is 0.447. The lowest BCUT2D eigenvalue weighted by molar-refractivity contribution is 0.259. The summed E-state index contributed by atoms with van der Waals surface area (Å²) in [5.41, 5.74) is 7.52. The summed E-state index contributed by atoms with van der Waals surface area (Å²) in [5.74, 6) is 0.447. The second-order valence-corrected chi connectivity index (χ2v) is 5.38. The van der Waals surface area contributed by atoms with Crippen molar-refractivity contribution in [1.82, 2.24) is 0 Å². The van der Waals surface area contributed by atoms with Crippen LogP contribution in [0.3, 0.4) is 0 Å². The number of hydrogen-bond acceptors (Lipinski definition) is 2. The second-order valence-electron chi connectivity index (χ2n) is 4.24. The Morgan fingerprint density at radius 2 is 2.20 bits per heavy atom. The van der Waals surface area contributed by atoms with Crippen molar-refractivity contribution in [3.05, 3.63) is 15.3 Å². The minimum atomic E-state index is -0.454. The van der Waals surface area contributed by atoms with E-state index in [2.05, 4.69) is 19.2 Å². The molecule has 1 aliphatic carbocycles. The van der Waals surface area contributed by atoms with Crippen LogP contribution in [0.5, 0.6) is 0 Å². The molecule has 15 heavy (non-hydrogen) atoms. The number of fused-ring (bicyclic) bond motifs is 1. The molecule has 4 heteroatoms. The summed E-state index contributed by atoms with van der Waals surface area (Å²) in [5, 5.41) is 2.78. The third kappa shape index (κ3) is 1.86. The van der Waals surface area contributed by atoms with E-state index in [0.29, 0.717) is 5.92 Å². The third-order valence-corrected chi connectivity index (χ3v) is 4.31. The predicted octanol–water partition coefficient (Wildman–Crippen LogP) is 2.85. The normalized spacial score (nSPS) is 14.3. The summed E-state index contributed by atoms with van der Waals surface area (Å²) in [6.45, 7) is 4.29. The highest BCUT2D eigenvalue weighted by atomic mass is 32.1. The number of nitrogens with one attached hydrogen (secondary N) is 1. The number of carbonyl (C=O) groups excluding carboxylic acids is 1. The summed E-state index contributed by atoms with van der Waals surface area (Å²) < 4.78 is 0. The van der Waals surface area contributed by atoms with Crippen LogP contribution in [-0.4, -0.2) is 6.03 Å². The lowest BCUT2D eigenvalue weighted by Crippen LogP contribution is -2.20. The number of primary amides is 1. The van der Waals surface area contributed by atoms with Gasteiger partial charge >= 0.3 is 6.03 Å². The van der Waals surface area contributed by atoms with Crippen molar-refractivity contribution in [3.63, 3.8) is 0 Å². The smallest absolute Gasteiger partial charge is 0.316 e. The highest BCUT2D eigenvalue weighted by molar-refractivity contribution is 7.13. The van der Waals surface area contributed by atoms with E-state index in [-0.39, 0.29) is 0 Å². The van der Waals surface area contributed by atoms with Gasteiger partial charge in [0.1, 0.15) is 0 Å². The quantitative estimate of drug-likeness (QED) is 0.797. The van der Waals surface area contributed by atoms with Gasteiger partial charge in [-0.3, -0.25) is 0 Å². The van der Waals surface area contributed by atoms with E-state index >= 15 is 0 Å². The van der Waals surface area contributed by atoms with Crippen molar-refractivity contribution in [2.75, 3.05) is 5.32 Å². The zero-order valence-corrected chi connectivity index (χ0v) is 9.91. The molecule has 0 radical (unpaired) electrons. The van der Waals surface area contributed by atoms with Crippen LogP contribution in [0.4, 0.5) is 10.5 Å². The third-order valence-electron chi connectivity index (χ3n) is 2.72. The molecule has 0 saturated carbocycles. The SMILES string of the molecule is CC(C)c1sc2c(c1NC(N)=O)CCC2. The fourth-order valence-electron chi connectivity index (χ4n) is 2.09. The van der Waals surface area contributed by atoms with Gasteiger partial charge in [0.05, 0.1) is 5.69 Å². The molecule has 0 saturated heterocycles. The fraction of sp³-hybridized carbons (Fsp3) is 0.545. The Balaban J connectivity index is 2.43. The monoisotopic (exact) mass is 224 g/mol. The van der Waals surface area contributed by atoms with Gasteiger partial charge in [-0.2, -0.15) is 0 Å². The van der Waals surface area contributed by atoms with Gasteiger partial charge in [0.25, 0.3) is 0 Å². The number of amides is 2. The highest BCUT2D eigenvalue weighted by Crippen LogP contribution is 2.42. The predicted molar refractivity (Wildman–Crippen MR) is 63.6 cm³/mol. The average Bonchev–Trinajstić information content (AvgIpc) is 2.66. The van der Waals surface area contributed by atoms with E-state index in [9.17, 15) is 4.79 Å². The van der Waals surface area contributed by atoms with Gasteiger partial charge in [-0.25, -0.2) is 4.79 Å². The molecule has 0 bridgehead atoms. The van der Waals surface area contributed by atoms with Crippen molar-refractivity contribution in [1.29, 1.82) is 0 Å². The summed E-state index contributed by atoms with van der Waals surface area (Å²) >= 11 is 1.83. The van der Waals surface area contributed by atoms with E-state index in [1.165, 1.54) is 21.7 Å². The van der Waals surface area contributed by atoms with Gasteiger partial charge in [-0.05, 0) is 30.7 Å². The lowest BCUT2D eigenvalue weighted by atomic mass is 10.1. The summed E-state index contributed by atoms with van der Waals surface area (Å²) in [6, 6.07) is -0.454. The van der Waals surface area contributed by atoms with Crippen LogP contribution in [0.25, 0.3) is 0 Å². The highest BCUT2D eigenvalue weighted by Gasteiger charge is 2.23. The number of aryl methyl sites for hydroxylation is 1. The molecule has 0 spiro atoms. The molecule has 0 unspecified atom stereocenters. The molecule has 1 aromatic rings. The molecule has 1 heterocycles. The van der Waals surface area contributed by atoms with Crippen LogP contribution < -0.4 is 11.1 Å². The maximum Gasteiger partial charge on any atom is 0.316 e. The maximum absolute atomic E-state index is 11.0. The lowest BCUT2D eigenvalue weighted by Gasteiger charge is -2.08. The van der Waals surface area contributed by atoms with E-state index in [0.717, 1.165) is 18.5 Å². The largest absolute Gasteiger partial charge is 0.351 e. The molecule has 0 atom stereocenters. The van der Waals surface area contributed by atoms with Crippen LogP contribution in [0.2, 0.25) is 0 Å². The molecule has 1 aromatic heterocycles. The van der Waals surface area contributed by atoms with Gasteiger partial charge in [0, 0.05) is 9.75 Å². The number of rotatable bonds is 2. The van der Waals surface area contributed by atoms with Crippen LogP contribution in [0, 0.1) is 0 Å². The molecule has 2 amide bonds. The average molecular weight is 224 g/mol. The Morgan fingerprint density at radius 1 is 1.47 bits per heavy atom. The first-order valence-corrected chi connectivity index (χ1v) is 6.12. The molecule has 3 N–H and O–H groups in total. The molecule has 0 aliphatic heterocycles. The molecular weight excluding hydrogens is 208 g/mol. The molecule has 3 nitrogen and oxygen atoms in total. The van der Waals surface area contributed by atoms with Gasteiger partial charge in [-0.15, -0.1) is 11.3 Å². The van der Waals surface area contributed by atoms with E-state index in [4.69, 9.17) is 5.73 Å². The van der Waals surface area contributed by atoms with Crippen LogP contribution in [0.15, 0.2) is 0 Å². The Morgan fingerprint density at radius 3 is 2.80 bits per heavy atom. The zero-order chi connectivity index (χ0) is 11.0. The molecule has 0 fully saturated rings. The standard InChI is InChI=1S/C11H16N2OS/c1-6(2)10-9(13-11(12)14)7-4-3-5-8(7)15-10/h6H,3-5H2,1-2H3,(H3,12,13,14). The molecule has 0 aromatic carbocycles. The number of thiophene rings is 1. The van der Waals surface area contributed by atoms with Crippen molar-refractivity contribution >= 4 is 23.1 Å². The molecule has 1 aliphatic rings. The minimum Gasteiger partial charge on any atom is -0.351 e. The van der Waals surface area contributed by atoms with Crippen LogP contribution >= 0.6 is 11.3 Å². The number of carbonyl (C=O) groups is 1. The summed E-state index contributed by atoms with van der Waals surface area (Å²) in [7, 11) is 0. The van der Waals surface area contributed by atoms with E-state index < -0.39 is 6.03 Å². The van der Waals surface area contributed by atoms with Crippen molar-refractivity contribution in [2.24, 2.45) is 5.73 Å². The van der Waals surface area contributed by atoms with Crippen molar-refractivity contribution in [2.45, 2.75) is 39.0 Å². The first-order valence-electron chi connectivity index (χ1n) is 5.30. The fourth-order valence-corrected chi connectivity index (χ4v) is 3.44. The van der Waals surface area contributed by atoms with E-state index in [1.54, 1.807) is 0 Å².